The van der Waals surface area contributed by atoms with Crippen LogP contribution in [0.2, 0.25) is 5.32 Å². The Balaban J connectivity index is 3.47. The van der Waals surface area contributed by atoms with Crippen molar-refractivity contribution in [2.24, 2.45) is 0 Å². The Labute approximate surface area is 82.4 Å². The molecule has 0 heterocycles. The van der Waals surface area contributed by atoms with Gasteiger partial charge in [0.25, 0.3) is 0 Å². The van der Waals surface area contributed by atoms with Gasteiger partial charge in [-0.15, -0.1) is 0 Å². The molecule has 0 aromatic rings. The van der Waals surface area contributed by atoms with Crippen LogP contribution < -0.4 is 0 Å². The van der Waals surface area contributed by atoms with Gasteiger partial charge in [0, 0.05) is 0 Å². The van der Waals surface area contributed by atoms with E-state index in [9.17, 15) is 5.11 Å². The summed E-state index contributed by atoms with van der Waals surface area (Å²) in [5.41, 5.74) is -0.575. The van der Waals surface area contributed by atoms with Crippen molar-refractivity contribution in [1.29, 1.82) is 0 Å². The van der Waals surface area contributed by atoms with E-state index in [0.29, 0.717) is 15.0 Å². The van der Waals surface area contributed by atoms with Crippen molar-refractivity contribution >= 4 is 15.0 Å². The molecule has 12 heavy (non-hydrogen) atoms. The van der Waals surface area contributed by atoms with Crippen LogP contribution in [0.1, 0.15) is 40.0 Å². The molecule has 0 fully saturated rings. The number of aliphatic hydroxyl groups is 1. The Morgan fingerprint density at radius 3 is 2.58 bits per heavy atom. The fourth-order valence-corrected chi connectivity index (χ4v) is 2.67. The Bertz CT molecular complexity index is 130. The molecule has 0 spiro atoms. The Kier molecular flexibility index (Phi) is 6.83. The Morgan fingerprint density at radius 2 is 2.08 bits per heavy atom. The summed E-state index contributed by atoms with van der Waals surface area (Å²) < 4.78 is 0. The summed E-state index contributed by atoms with van der Waals surface area (Å²) in [6.07, 6.45) is 5.34. The zero-order valence-corrected chi connectivity index (χ0v) is 10.1. The first-order valence-corrected chi connectivity index (χ1v) is 6.84. The summed E-state index contributed by atoms with van der Waals surface area (Å²) in [4.78, 5) is 2.16. The first-order valence-electron chi connectivity index (χ1n) is 4.64. The molecule has 0 aromatic carbocycles. The SMILES string of the molecule is CCCC[Se]/C=C\C(C)(O)CC. The van der Waals surface area contributed by atoms with Gasteiger partial charge in [0.1, 0.15) is 0 Å². The molecule has 1 unspecified atom stereocenters. The predicted molar refractivity (Wildman–Crippen MR) is 55.5 cm³/mol. The van der Waals surface area contributed by atoms with E-state index in [1.165, 1.54) is 18.2 Å². The van der Waals surface area contributed by atoms with E-state index in [0.717, 1.165) is 6.42 Å². The standard InChI is InChI=1S/C10H20OSe/c1-4-6-8-12-9-7-10(3,11)5-2/h7,9,11H,4-6,8H2,1-3H3/b9-7-. The third-order valence-corrected chi connectivity index (χ3v) is 3.64. The van der Waals surface area contributed by atoms with E-state index in [4.69, 9.17) is 0 Å². The van der Waals surface area contributed by atoms with Crippen molar-refractivity contribution < 1.29 is 5.11 Å². The third-order valence-electron chi connectivity index (χ3n) is 1.85. The van der Waals surface area contributed by atoms with Crippen LogP contribution in [-0.2, 0) is 0 Å². The van der Waals surface area contributed by atoms with Gasteiger partial charge in [0.2, 0.25) is 0 Å². The molecule has 1 nitrogen and oxygen atoms in total. The average Bonchev–Trinajstić information content (AvgIpc) is 2.04. The zero-order chi connectivity index (χ0) is 9.45. The van der Waals surface area contributed by atoms with E-state index in [-0.39, 0.29) is 0 Å². The molecule has 0 amide bonds. The number of hydrogen-bond donors (Lipinski definition) is 1. The second-order valence-corrected chi connectivity index (χ2v) is 5.36. The van der Waals surface area contributed by atoms with Gasteiger partial charge in [0.05, 0.1) is 0 Å². The van der Waals surface area contributed by atoms with Gasteiger partial charge in [0.15, 0.2) is 0 Å². The predicted octanol–water partition coefficient (Wildman–Crippen LogP) is 2.58. The van der Waals surface area contributed by atoms with Crippen LogP contribution in [0.15, 0.2) is 11.1 Å². The first-order chi connectivity index (χ1) is 5.62. The molecule has 0 radical (unpaired) electrons. The van der Waals surface area contributed by atoms with Gasteiger partial charge in [-0.05, 0) is 0 Å². The minimum absolute atomic E-state index is 0.575. The van der Waals surface area contributed by atoms with Crippen molar-refractivity contribution in [2.45, 2.75) is 51.0 Å². The van der Waals surface area contributed by atoms with E-state index < -0.39 is 5.60 Å². The number of hydrogen-bond acceptors (Lipinski definition) is 1. The topological polar surface area (TPSA) is 20.2 Å². The van der Waals surface area contributed by atoms with Crippen molar-refractivity contribution in [3.63, 3.8) is 0 Å². The Hall–Kier alpha value is 0.219. The number of unbranched alkanes of at least 4 members (excludes halogenated alkanes) is 1. The summed E-state index contributed by atoms with van der Waals surface area (Å²) >= 11 is 0.592. The Morgan fingerprint density at radius 1 is 1.42 bits per heavy atom. The molecule has 0 aliphatic heterocycles. The molecule has 0 aliphatic rings. The maximum absolute atomic E-state index is 9.60. The summed E-state index contributed by atoms with van der Waals surface area (Å²) in [5.74, 6) is 0. The average molecular weight is 235 g/mol. The molecule has 0 aliphatic carbocycles. The summed E-state index contributed by atoms with van der Waals surface area (Å²) in [6, 6.07) is 0. The second-order valence-electron chi connectivity index (χ2n) is 3.24. The second kappa shape index (κ2) is 6.71. The molecule has 1 N–H and O–H groups in total. The van der Waals surface area contributed by atoms with E-state index >= 15 is 0 Å². The third kappa shape index (κ3) is 6.90. The first kappa shape index (κ1) is 12.2. The summed E-state index contributed by atoms with van der Waals surface area (Å²) in [7, 11) is 0. The van der Waals surface area contributed by atoms with Crippen LogP contribution in [0.5, 0.6) is 0 Å². The van der Waals surface area contributed by atoms with Crippen LogP contribution in [0.25, 0.3) is 0 Å². The van der Waals surface area contributed by atoms with Crippen molar-refractivity contribution in [2.75, 3.05) is 0 Å². The van der Waals surface area contributed by atoms with Gasteiger partial charge >= 0.3 is 82.1 Å². The summed E-state index contributed by atoms with van der Waals surface area (Å²) in [6.45, 7) is 6.07. The zero-order valence-electron chi connectivity index (χ0n) is 8.34. The molecular formula is C10H20OSe. The van der Waals surface area contributed by atoms with E-state index in [2.05, 4.69) is 11.9 Å². The van der Waals surface area contributed by atoms with Crippen molar-refractivity contribution in [1.82, 2.24) is 0 Å². The fraction of sp³-hybridized carbons (Fsp3) is 0.800. The van der Waals surface area contributed by atoms with Crippen LogP contribution in [0, 0.1) is 0 Å². The van der Waals surface area contributed by atoms with Crippen LogP contribution in [-0.4, -0.2) is 25.7 Å². The molecule has 1 atom stereocenters. The molecule has 0 saturated heterocycles. The number of rotatable bonds is 6. The van der Waals surface area contributed by atoms with Crippen LogP contribution in [0.4, 0.5) is 0 Å². The van der Waals surface area contributed by atoms with Gasteiger partial charge in [-0.25, -0.2) is 0 Å². The molecule has 0 bridgehead atoms. The van der Waals surface area contributed by atoms with Gasteiger partial charge in [-0.2, -0.15) is 0 Å². The van der Waals surface area contributed by atoms with Crippen molar-refractivity contribution in [3.8, 4) is 0 Å². The molecule has 72 valence electrons. The van der Waals surface area contributed by atoms with E-state index in [1.54, 1.807) is 0 Å². The molecule has 0 aromatic heterocycles. The van der Waals surface area contributed by atoms with Gasteiger partial charge in [-0.3, -0.25) is 0 Å². The molecule has 0 rings (SSSR count). The normalized spacial score (nSPS) is 16.7. The minimum atomic E-state index is -0.575. The van der Waals surface area contributed by atoms with Crippen LogP contribution >= 0.6 is 0 Å². The van der Waals surface area contributed by atoms with Gasteiger partial charge < -0.3 is 0 Å². The maximum atomic E-state index is 9.60. The quantitative estimate of drug-likeness (QED) is 0.554. The monoisotopic (exact) mass is 236 g/mol. The summed E-state index contributed by atoms with van der Waals surface area (Å²) in [5, 5.41) is 10.9. The van der Waals surface area contributed by atoms with E-state index in [1.807, 2.05) is 19.9 Å². The molecule has 0 saturated carbocycles. The van der Waals surface area contributed by atoms with Crippen LogP contribution in [0.3, 0.4) is 0 Å². The van der Waals surface area contributed by atoms with Gasteiger partial charge in [-0.1, -0.05) is 0 Å². The van der Waals surface area contributed by atoms with Crippen molar-refractivity contribution in [3.05, 3.63) is 11.1 Å². The molecule has 2 heteroatoms. The fourth-order valence-electron chi connectivity index (χ4n) is 0.608. The molecular weight excluding hydrogens is 215 g/mol.